The minimum Gasteiger partial charge on any atom is -0.497 e. The number of benzene rings is 1. The molecule has 4 saturated carbocycles. The van der Waals surface area contributed by atoms with Gasteiger partial charge < -0.3 is 14.8 Å². The summed E-state index contributed by atoms with van der Waals surface area (Å²) in [6.45, 7) is 0.335. The molecular weight excluding hydrogens is 416 g/mol. The molecule has 31 heavy (non-hydrogen) atoms. The first kappa shape index (κ1) is 21.1. The third kappa shape index (κ3) is 3.61. The van der Waals surface area contributed by atoms with Crippen molar-refractivity contribution in [2.45, 2.75) is 67.8 Å². The highest BCUT2D eigenvalue weighted by atomic mass is 32.2. The number of hydrogen-bond donors (Lipinski definition) is 1. The standard InChI is InChI=1S/C23H32N2O5S/c1-29-18-5-6-20(30-2)21(11-18)31(27,28)25-7-3-4-19(25)22(26)24-23-12-15-8-16(13-23)10-17(9-15)14-23/h5-6,11,15-17,19H,3-4,7-10,12-14H2,1-2H3,(H,24,26)/t15?,16?,17?,19-,23?/m0/s1. The van der Waals surface area contributed by atoms with Gasteiger partial charge in [0.25, 0.3) is 0 Å². The lowest BCUT2D eigenvalue weighted by Gasteiger charge is -2.57. The number of hydrogen-bond acceptors (Lipinski definition) is 5. The highest BCUT2D eigenvalue weighted by Gasteiger charge is 2.52. The number of nitrogens with zero attached hydrogens (tertiary/aromatic N) is 1. The summed E-state index contributed by atoms with van der Waals surface area (Å²) in [6.07, 6.45) is 8.27. The van der Waals surface area contributed by atoms with E-state index < -0.39 is 16.1 Å². The summed E-state index contributed by atoms with van der Waals surface area (Å²) in [5.41, 5.74) is -0.127. The molecule has 1 aromatic carbocycles. The van der Waals surface area contributed by atoms with Gasteiger partial charge in [-0.3, -0.25) is 4.79 Å². The lowest BCUT2D eigenvalue weighted by molar-refractivity contribution is -0.130. The number of carbonyl (C=O) groups is 1. The van der Waals surface area contributed by atoms with E-state index in [1.165, 1.54) is 43.9 Å². The van der Waals surface area contributed by atoms with Crippen molar-refractivity contribution < 1.29 is 22.7 Å². The van der Waals surface area contributed by atoms with Crippen LogP contribution in [0.3, 0.4) is 0 Å². The Bertz CT molecular complexity index is 941. The van der Waals surface area contributed by atoms with Crippen LogP contribution < -0.4 is 14.8 Å². The lowest BCUT2D eigenvalue weighted by atomic mass is 9.53. The molecule has 5 fully saturated rings. The van der Waals surface area contributed by atoms with E-state index in [1.54, 1.807) is 12.1 Å². The molecule has 8 heteroatoms. The Balaban J connectivity index is 1.39. The number of rotatable bonds is 6. The maximum absolute atomic E-state index is 13.6. The molecule has 1 saturated heterocycles. The maximum Gasteiger partial charge on any atom is 0.247 e. The molecule has 0 unspecified atom stereocenters. The largest absolute Gasteiger partial charge is 0.497 e. The van der Waals surface area contributed by atoms with Crippen LogP contribution >= 0.6 is 0 Å². The zero-order valence-corrected chi connectivity index (χ0v) is 19.1. The van der Waals surface area contributed by atoms with E-state index in [0.717, 1.165) is 37.0 Å². The summed E-state index contributed by atoms with van der Waals surface area (Å²) in [7, 11) is -0.965. The van der Waals surface area contributed by atoms with Gasteiger partial charge in [-0.25, -0.2) is 8.42 Å². The highest BCUT2D eigenvalue weighted by Crippen LogP contribution is 2.55. The smallest absolute Gasteiger partial charge is 0.247 e. The minimum atomic E-state index is -3.91. The molecule has 4 aliphatic carbocycles. The van der Waals surface area contributed by atoms with Gasteiger partial charge in [-0.2, -0.15) is 4.31 Å². The maximum atomic E-state index is 13.6. The van der Waals surface area contributed by atoms with E-state index in [2.05, 4.69) is 5.32 Å². The minimum absolute atomic E-state index is 0.0452. The van der Waals surface area contributed by atoms with Crippen molar-refractivity contribution in [1.82, 2.24) is 9.62 Å². The molecule has 0 radical (unpaired) electrons. The van der Waals surface area contributed by atoms with Crippen LogP contribution in [-0.4, -0.2) is 51.0 Å². The van der Waals surface area contributed by atoms with Gasteiger partial charge in [0.2, 0.25) is 15.9 Å². The van der Waals surface area contributed by atoms with E-state index in [9.17, 15) is 13.2 Å². The van der Waals surface area contributed by atoms with Crippen LogP contribution in [-0.2, 0) is 14.8 Å². The number of methoxy groups -OCH3 is 2. The van der Waals surface area contributed by atoms with Crippen LogP contribution in [0.5, 0.6) is 11.5 Å². The lowest BCUT2D eigenvalue weighted by Crippen LogP contribution is -2.62. The van der Waals surface area contributed by atoms with Crippen LogP contribution in [0, 0.1) is 17.8 Å². The van der Waals surface area contributed by atoms with Crippen LogP contribution in [0.4, 0.5) is 0 Å². The molecule has 1 amide bonds. The van der Waals surface area contributed by atoms with Gasteiger partial charge in [-0.15, -0.1) is 0 Å². The summed E-state index contributed by atoms with van der Waals surface area (Å²) >= 11 is 0. The van der Waals surface area contributed by atoms with Crippen LogP contribution in [0.15, 0.2) is 23.1 Å². The van der Waals surface area contributed by atoms with Gasteiger partial charge in [0, 0.05) is 18.2 Å². The monoisotopic (exact) mass is 448 g/mol. The normalized spacial score (nSPS) is 34.6. The second kappa shape index (κ2) is 7.66. The Morgan fingerprint density at radius 2 is 1.71 bits per heavy atom. The zero-order valence-electron chi connectivity index (χ0n) is 18.3. The first-order chi connectivity index (χ1) is 14.8. The first-order valence-corrected chi connectivity index (χ1v) is 12.8. The molecule has 6 rings (SSSR count). The summed E-state index contributed by atoms with van der Waals surface area (Å²) in [6, 6.07) is 4.06. The van der Waals surface area contributed by atoms with Gasteiger partial charge in [0.15, 0.2) is 0 Å². The fraction of sp³-hybridized carbons (Fsp3) is 0.696. The van der Waals surface area contributed by atoms with Gasteiger partial charge in [0.1, 0.15) is 22.4 Å². The average Bonchev–Trinajstić information content (AvgIpc) is 3.23. The molecule has 1 atom stereocenters. The van der Waals surface area contributed by atoms with E-state index in [1.807, 2.05) is 0 Å². The summed E-state index contributed by atoms with van der Waals surface area (Å²) < 4.78 is 39.0. The second-order valence-corrected chi connectivity index (χ2v) is 11.8. The number of amides is 1. The summed E-state index contributed by atoms with van der Waals surface area (Å²) in [4.78, 5) is 13.5. The fourth-order valence-corrected chi connectivity index (χ4v) is 8.84. The van der Waals surface area contributed by atoms with Crippen molar-refractivity contribution >= 4 is 15.9 Å². The Morgan fingerprint density at radius 1 is 1.06 bits per heavy atom. The predicted molar refractivity (Wildman–Crippen MR) is 116 cm³/mol. The molecule has 7 nitrogen and oxygen atoms in total. The van der Waals surface area contributed by atoms with Crippen molar-refractivity contribution in [2.24, 2.45) is 17.8 Å². The third-order valence-electron chi connectivity index (χ3n) is 7.89. The SMILES string of the molecule is COc1ccc(OC)c(S(=O)(=O)N2CCC[C@H]2C(=O)NC23CC4CC(CC(C4)C2)C3)c1. The average molecular weight is 449 g/mol. The summed E-state index contributed by atoms with van der Waals surface area (Å²) in [5.74, 6) is 2.72. The molecule has 5 aliphatic rings. The molecule has 1 aromatic rings. The molecular formula is C23H32N2O5S. The molecule has 0 spiro atoms. The van der Waals surface area contributed by atoms with Gasteiger partial charge >= 0.3 is 0 Å². The van der Waals surface area contributed by atoms with E-state index in [4.69, 9.17) is 9.47 Å². The molecule has 1 heterocycles. The van der Waals surface area contributed by atoms with Crippen LogP contribution in [0.1, 0.15) is 51.4 Å². The van der Waals surface area contributed by atoms with Gasteiger partial charge in [-0.05, 0) is 81.3 Å². The number of sulfonamides is 1. The molecule has 1 N–H and O–H groups in total. The molecule has 4 bridgehead atoms. The van der Waals surface area contributed by atoms with Gasteiger partial charge in [-0.1, -0.05) is 0 Å². The second-order valence-electron chi connectivity index (χ2n) is 9.98. The third-order valence-corrected chi connectivity index (χ3v) is 9.82. The summed E-state index contributed by atoms with van der Waals surface area (Å²) in [5, 5.41) is 3.37. The van der Waals surface area contributed by atoms with Crippen molar-refractivity contribution in [3.63, 3.8) is 0 Å². The Kier molecular flexibility index (Phi) is 5.20. The van der Waals surface area contributed by atoms with E-state index in [0.29, 0.717) is 25.1 Å². The van der Waals surface area contributed by atoms with Crippen molar-refractivity contribution in [3.05, 3.63) is 18.2 Å². The van der Waals surface area contributed by atoms with Crippen molar-refractivity contribution in [3.8, 4) is 11.5 Å². The fourth-order valence-electron chi connectivity index (χ4n) is 7.01. The quantitative estimate of drug-likeness (QED) is 0.723. The highest BCUT2D eigenvalue weighted by molar-refractivity contribution is 7.89. The molecule has 0 aromatic heterocycles. The number of carbonyl (C=O) groups excluding carboxylic acids is 1. The van der Waals surface area contributed by atoms with Crippen LogP contribution in [0.25, 0.3) is 0 Å². The van der Waals surface area contributed by atoms with E-state index >= 15 is 0 Å². The molecule has 170 valence electrons. The topological polar surface area (TPSA) is 84.9 Å². The Labute approximate surface area is 184 Å². The Hall–Kier alpha value is -1.80. The Morgan fingerprint density at radius 3 is 2.29 bits per heavy atom. The van der Waals surface area contributed by atoms with E-state index in [-0.39, 0.29) is 22.1 Å². The first-order valence-electron chi connectivity index (χ1n) is 11.4. The number of nitrogens with one attached hydrogen (secondary N) is 1. The van der Waals surface area contributed by atoms with Crippen LogP contribution in [0.2, 0.25) is 0 Å². The predicted octanol–water partition coefficient (Wildman–Crippen LogP) is 2.94. The van der Waals surface area contributed by atoms with Crippen molar-refractivity contribution in [1.29, 1.82) is 0 Å². The molecule has 1 aliphatic heterocycles. The van der Waals surface area contributed by atoms with Gasteiger partial charge in [0.05, 0.1) is 14.2 Å². The van der Waals surface area contributed by atoms with Crippen molar-refractivity contribution in [2.75, 3.05) is 20.8 Å². The zero-order chi connectivity index (χ0) is 21.8. The number of ether oxygens (including phenoxy) is 2.